The molecule has 5 nitrogen and oxygen atoms in total. The highest BCUT2D eigenvalue weighted by Crippen LogP contribution is 2.12. The third kappa shape index (κ3) is 12.9. The average Bonchev–Trinajstić information content (AvgIpc) is 3.13. The van der Waals surface area contributed by atoms with Crippen LogP contribution in [0.1, 0.15) is 90.2 Å². The number of esters is 1. The smallest absolute Gasteiger partial charge is 0.307 e. The molecule has 0 aliphatic rings. The molecule has 0 spiro atoms. The van der Waals surface area contributed by atoms with Crippen LogP contribution in [0.5, 0.6) is 0 Å². The lowest BCUT2D eigenvalue weighted by Gasteiger charge is -2.13. The van der Waals surface area contributed by atoms with Gasteiger partial charge >= 0.3 is 5.97 Å². The Morgan fingerprint density at radius 1 is 1.12 bits per heavy atom. The molecular weight excluding hydrogens is 326 g/mol. The van der Waals surface area contributed by atoms with E-state index in [2.05, 4.69) is 22.2 Å². The average molecular weight is 366 g/mol. The van der Waals surface area contributed by atoms with Gasteiger partial charge < -0.3 is 15.0 Å². The number of rotatable bonds is 17. The number of imidazole rings is 1. The summed E-state index contributed by atoms with van der Waals surface area (Å²) in [4.78, 5) is 18.9. The topological polar surface area (TPSA) is 67.0 Å². The first kappa shape index (κ1) is 22.7. The van der Waals surface area contributed by atoms with Gasteiger partial charge in [-0.15, -0.1) is 0 Å². The SMILES string of the molecule is CCCCCCCCCCCC(C)OC(=O)CCNCCc1c[nH]cn1. The van der Waals surface area contributed by atoms with E-state index in [1.165, 1.54) is 51.4 Å². The summed E-state index contributed by atoms with van der Waals surface area (Å²) in [5.41, 5.74) is 1.04. The van der Waals surface area contributed by atoms with Crippen molar-refractivity contribution in [3.05, 3.63) is 18.2 Å². The molecule has 0 aliphatic heterocycles. The van der Waals surface area contributed by atoms with Gasteiger partial charge in [-0.1, -0.05) is 58.3 Å². The van der Waals surface area contributed by atoms with Gasteiger partial charge in [0.2, 0.25) is 0 Å². The molecule has 0 amide bonds. The van der Waals surface area contributed by atoms with Crippen LogP contribution in [0.25, 0.3) is 0 Å². The second kappa shape index (κ2) is 15.9. The Morgan fingerprint density at radius 3 is 2.46 bits per heavy atom. The van der Waals surface area contributed by atoms with Crippen LogP contribution >= 0.6 is 0 Å². The van der Waals surface area contributed by atoms with E-state index in [4.69, 9.17) is 4.74 Å². The first-order valence-corrected chi connectivity index (χ1v) is 10.6. The van der Waals surface area contributed by atoms with Gasteiger partial charge in [0, 0.05) is 25.7 Å². The largest absolute Gasteiger partial charge is 0.463 e. The van der Waals surface area contributed by atoms with E-state index >= 15 is 0 Å². The first-order valence-electron chi connectivity index (χ1n) is 10.6. The second-order valence-electron chi connectivity index (χ2n) is 7.23. The van der Waals surface area contributed by atoms with E-state index in [1.54, 1.807) is 6.33 Å². The van der Waals surface area contributed by atoms with E-state index in [-0.39, 0.29) is 12.1 Å². The lowest BCUT2D eigenvalue weighted by molar-refractivity contribution is -0.148. The number of hydrogen-bond acceptors (Lipinski definition) is 4. The van der Waals surface area contributed by atoms with Crippen molar-refractivity contribution in [1.29, 1.82) is 0 Å². The van der Waals surface area contributed by atoms with E-state index in [9.17, 15) is 4.79 Å². The highest BCUT2D eigenvalue weighted by atomic mass is 16.5. The van der Waals surface area contributed by atoms with E-state index in [0.717, 1.165) is 31.5 Å². The summed E-state index contributed by atoms with van der Waals surface area (Å²) in [7, 11) is 0. The summed E-state index contributed by atoms with van der Waals surface area (Å²) in [5.74, 6) is -0.0966. The molecule has 1 unspecified atom stereocenters. The number of aromatic amines is 1. The second-order valence-corrected chi connectivity index (χ2v) is 7.23. The monoisotopic (exact) mass is 365 g/mol. The minimum atomic E-state index is -0.0966. The van der Waals surface area contributed by atoms with E-state index in [1.807, 2.05) is 13.1 Å². The van der Waals surface area contributed by atoms with Crippen LogP contribution in [0.15, 0.2) is 12.5 Å². The summed E-state index contributed by atoms with van der Waals surface area (Å²) in [6.07, 6.45) is 17.8. The van der Waals surface area contributed by atoms with Crippen LogP contribution in [0.3, 0.4) is 0 Å². The number of ether oxygens (including phenoxy) is 1. The molecule has 1 aromatic heterocycles. The highest BCUT2D eigenvalue weighted by Gasteiger charge is 2.09. The van der Waals surface area contributed by atoms with Gasteiger partial charge in [-0.2, -0.15) is 0 Å². The number of hydrogen-bond donors (Lipinski definition) is 2. The van der Waals surface area contributed by atoms with Gasteiger partial charge in [-0.25, -0.2) is 4.98 Å². The fraction of sp³-hybridized carbons (Fsp3) is 0.810. The molecule has 26 heavy (non-hydrogen) atoms. The van der Waals surface area contributed by atoms with Gasteiger partial charge in [-0.05, 0) is 19.8 Å². The van der Waals surface area contributed by atoms with Crippen molar-refractivity contribution in [2.75, 3.05) is 13.1 Å². The molecule has 0 aliphatic carbocycles. The zero-order chi connectivity index (χ0) is 18.9. The normalized spacial score (nSPS) is 12.2. The summed E-state index contributed by atoms with van der Waals surface area (Å²) in [6, 6.07) is 0. The fourth-order valence-corrected chi connectivity index (χ4v) is 3.04. The Hall–Kier alpha value is -1.36. The maximum Gasteiger partial charge on any atom is 0.307 e. The number of nitrogens with zero attached hydrogens (tertiary/aromatic N) is 1. The summed E-state index contributed by atoms with van der Waals surface area (Å²) in [6.45, 7) is 5.75. The number of carbonyl (C=O) groups is 1. The predicted molar refractivity (Wildman–Crippen MR) is 107 cm³/mol. The van der Waals surface area contributed by atoms with Gasteiger partial charge in [0.25, 0.3) is 0 Å². The van der Waals surface area contributed by atoms with Crippen molar-refractivity contribution in [2.24, 2.45) is 0 Å². The molecule has 150 valence electrons. The Bertz CT molecular complexity index is 434. The molecule has 1 rings (SSSR count). The van der Waals surface area contributed by atoms with Crippen LogP contribution in [0.4, 0.5) is 0 Å². The molecular formula is C21H39N3O2. The van der Waals surface area contributed by atoms with Crippen LogP contribution in [-0.2, 0) is 16.0 Å². The highest BCUT2D eigenvalue weighted by molar-refractivity contribution is 5.69. The molecule has 1 aromatic rings. The number of nitrogens with one attached hydrogen (secondary N) is 2. The Labute approximate surface area is 159 Å². The van der Waals surface area contributed by atoms with Gasteiger partial charge in [0.05, 0.1) is 24.5 Å². The molecule has 0 saturated carbocycles. The minimum absolute atomic E-state index is 0.0381. The molecule has 0 fully saturated rings. The zero-order valence-corrected chi connectivity index (χ0v) is 16.9. The van der Waals surface area contributed by atoms with Crippen LogP contribution in [-0.4, -0.2) is 35.1 Å². The van der Waals surface area contributed by atoms with Crippen molar-refractivity contribution >= 4 is 5.97 Å². The molecule has 0 radical (unpaired) electrons. The van der Waals surface area contributed by atoms with Gasteiger partial charge in [0.15, 0.2) is 0 Å². The Kier molecular flexibility index (Phi) is 13.8. The lowest BCUT2D eigenvalue weighted by Crippen LogP contribution is -2.23. The molecule has 1 atom stereocenters. The third-order valence-corrected chi connectivity index (χ3v) is 4.67. The van der Waals surface area contributed by atoms with Crippen LogP contribution < -0.4 is 5.32 Å². The summed E-state index contributed by atoms with van der Waals surface area (Å²) in [5, 5.41) is 3.26. The Balaban J connectivity index is 1.86. The first-order chi connectivity index (χ1) is 12.7. The molecule has 1 heterocycles. The maximum absolute atomic E-state index is 11.8. The van der Waals surface area contributed by atoms with E-state index < -0.39 is 0 Å². The van der Waals surface area contributed by atoms with Crippen molar-refractivity contribution in [3.63, 3.8) is 0 Å². The van der Waals surface area contributed by atoms with Gasteiger partial charge in [0.1, 0.15) is 0 Å². The van der Waals surface area contributed by atoms with E-state index in [0.29, 0.717) is 13.0 Å². The number of H-pyrrole nitrogens is 1. The Morgan fingerprint density at radius 2 is 1.81 bits per heavy atom. The molecule has 5 heteroatoms. The molecule has 0 saturated heterocycles. The van der Waals surface area contributed by atoms with Crippen molar-refractivity contribution < 1.29 is 9.53 Å². The molecule has 0 aromatic carbocycles. The van der Waals surface area contributed by atoms with Gasteiger partial charge in [-0.3, -0.25) is 4.79 Å². The zero-order valence-electron chi connectivity index (χ0n) is 16.9. The minimum Gasteiger partial charge on any atom is -0.463 e. The maximum atomic E-state index is 11.8. The van der Waals surface area contributed by atoms with Crippen molar-refractivity contribution in [3.8, 4) is 0 Å². The summed E-state index contributed by atoms with van der Waals surface area (Å²) < 4.78 is 5.48. The van der Waals surface area contributed by atoms with Crippen LogP contribution in [0.2, 0.25) is 0 Å². The molecule has 0 bridgehead atoms. The van der Waals surface area contributed by atoms with Crippen molar-refractivity contribution in [1.82, 2.24) is 15.3 Å². The quantitative estimate of drug-likeness (QED) is 0.308. The molecule has 2 N–H and O–H groups in total. The standard InChI is InChI=1S/C21H39N3O2/c1-3-4-5-6-7-8-9-10-11-12-19(2)26-21(25)14-16-22-15-13-20-17-23-18-24-20/h17-19,22H,3-16H2,1-2H3,(H,23,24). The lowest BCUT2D eigenvalue weighted by atomic mass is 10.1. The summed E-state index contributed by atoms with van der Waals surface area (Å²) >= 11 is 0. The fourth-order valence-electron chi connectivity index (χ4n) is 3.04. The third-order valence-electron chi connectivity index (χ3n) is 4.67. The number of unbranched alkanes of at least 4 members (excludes halogenated alkanes) is 8. The van der Waals surface area contributed by atoms with Crippen LogP contribution in [0, 0.1) is 0 Å². The van der Waals surface area contributed by atoms with Crippen molar-refractivity contribution in [2.45, 2.75) is 97.0 Å². The number of aromatic nitrogens is 2. The predicted octanol–water partition coefficient (Wildman–Crippen LogP) is 4.78. The number of carbonyl (C=O) groups excluding carboxylic acids is 1.